The molecule has 2 aliphatic heterocycles. The second-order valence-corrected chi connectivity index (χ2v) is 7.57. The average molecular weight is 405 g/mol. The molecule has 0 atom stereocenters. The highest BCUT2D eigenvalue weighted by Gasteiger charge is 2.28. The first-order valence-electron chi connectivity index (χ1n) is 10.0. The number of esters is 1. The maximum absolute atomic E-state index is 12.6. The van der Waals surface area contributed by atoms with Crippen LogP contribution in [0, 0.1) is 13.8 Å². The third kappa shape index (κ3) is 3.96. The molecule has 30 heavy (non-hydrogen) atoms. The number of benzene rings is 2. The molecule has 7 heteroatoms. The van der Waals surface area contributed by atoms with Gasteiger partial charge >= 0.3 is 5.97 Å². The van der Waals surface area contributed by atoms with E-state index in [1.54, 1.807) is 29.2 Å². The minimum atomic E-state index is -0.581. The van der Waals surface area contributed by atoms with Gasteiger partial charge in [0.05, 0.1) is 5.69 Å². The SMILES string of the molecule is Cc1ccc(C)c(N2N=C(C(=O)Oc3ccc(N4CCCC4=O)cc3)CCC2=O)c1. The van der Waals surface area contributed by atoms with Crippen LogP contribution in [0.15, 0.2) is 47.6 Å². The lowest BCUT2D eigenvalue weighted by Crippen LogP contribution is -2.36. The zero-order valence-corrected chi connectivity index (χ0v) is 17.1. The van der Waals surface area contributed by atoms with E-state index in [4.69, 9.17) is 4.74 Å². The summed E-state index contributed by atoms with van der Waals surface area (Å²) in [6, 6.07) is 12.6. The lowest BCUT2D eigenvalue weighted by Gasteiger charge is -2.24. The van der Waals surface area contributed by atoms with Gasteiger partial charge in [0.25, 0.3) is 0 Å². The van der Waals surface area contributed by atoms with Crippen molar-refractivity contribution in [3.63, 3.8) is 0 Å². The van der Waals surface area contributed by atoms with Crippen LogP contribution in [0.5, 0.6) is 5.75 Å². The molecule has 1 fully saturated rings. The first kappa shape index (κ1) is 19.8. The summed E-state index contributed by atoms with van der Waals surface area (Å²) in [7, 11) is 0. The van der Waals surface area contributed by atoms with Crippen molar-refractivity contribution in [3.8, 4) is 5.75 Å². The van der Waals surface area contributed by atoms with E-state index in [-0.39, 0.29) is 30.4 Å². The largest absolute Gasteiger partial charge is 0.422 e. The number of amides is 2. The Morgan fingerprint density at radius 1 is 0.967 bits per heavy atom. The molecule has 2 aliphatic rings. The Morgan fingerprint density at radius 2 is 1.73 bits per heavy atom. The molecule has 2 amide bonds. The molecule has 154 valence electrons. The Balaban J connectivity index is 1.50. The molecule has 7 nitrogen and oxygen atoms in total. The summed E-state index contributed by atoms with van der Waals surface area (Å²) in [6.07, 6.45) is 1.84. The third-order valence-electron chi connectivity index (χ3n) is 5.29. The smallest absolute Gasteiger partial charge is 0.359 e. The fraction of sp³-hybridized carbons (Fsp3) is 0.304. The lowest BCUT2D eigenvalue weighted by molar-refractivity contribution is -0.127. The van der Waals surface area contributed by atoms with E-state index in [9.17, 15) is 14.4 Å². The van der Waals surface area contributed by atoms with E-state index in [0.29, 0.717) is 24.4 Å². The topological polar surface area (TPSA) is 79.3 Å². The number of carbonyl (C=O) groups excluding carboxylic acids is 3. The maximum Gasteiger partial charge on any atom is 0.359 e. The third-order valence-corrected chi connectivity index (χ3v) is 5.29. The van der Waals surface area contributed by atoms with Crippen LogP contribution in [0.25, 0.3) is 0 Å². The second-order valence-electron chi connectivity index (χ2n) is 7.57. The minimum absolute atomic E-state index is 0.104. The molecule has 0 unspecified atom stereocenters. The van der Waals surface area contributed by atoms with Crippen LogP contribution >= 0.6 is 0 Å². The van der Waals surface area contributed by atoms with Gasteiger partial charge in [0.15, 0.2) is 0 Å². The number of anilines is 2. The normalized spacial score (nSPS) is 16.7. The van der Waals surface area contributed by atoms with Crippen LogP contribution in [0.3, 0.4) is 0 Å². The van der Waals surface area contributed by atoms with E-state index >= 15 is 0 Å². The average Bonchev–Trinajstić information content (AvgIpc) is 3.17. The van der Waals surface area contributed by atoms with Crippen LogP contribution < -0.4 is 14.6 Å². The van der Waals surface area contributed by atoms with Gasteiger partial charge in [0.1, 0.15) is 11.5 Å². The van der Waals surface area contributed by atoms with Crippen molar-refractivity contribution in [3.05, 3.63) is 53.6 Å². The Morgan fingerprint density at radius 3 is 2.43 bits per heavy atom. The van der Waals surface area contributed by atoms with E-state index in [1.807, 2.05) is 32.0 Å². The van der Waals surface area contributed by atoms with Crippen LogP contribution in [0.4, 0.5) is 11.4 Å². The highest BCUT2D eigenvalue weighted by atomic mass is 16.5. The molecule has 2 heterocycles. The van der Waals surface area contributed by atoms with Gasteiger partial charge in [-0.25, -0.2) is 4.79 Å². The quantitative estimate of drug-likeness (QED) is 0.576. The molecular formula is C23H23N3O4. The van der Waals surface area contributed by atoms with Gasteiger partial charge in [0, 0.05) is 31.5 Å². The van der Waals surface area contributed by atoms with Gasteiger partial charge in [-0.05, 0) is 61.7 Å². The monoisotopic (exact) mass is 405 g/mol. The van der Waals surface area contributed by atoms with Gasteiger partial charge in [-0.2, -0.15) is 10.1 Å². The molecule has 4 rings (SSSR count). The fourth-order valence-corrected chi connectivity index (χ4v) is 3.62. The molecule has 2 aromatic carbocycles. The van der Waals surface area contributed by atoms with Crippen molar-refractivity contribution in [1.29, 1.82) is 0 Å². The zero-order chi connectivity index (χ0) is 21.3. The number of hydrogen-bond acceptors (Lipinski definition) is 5. The van der Waals surface area contributed by atoms with E-state index in [2.05, 4.69) is 5.10 Å². The highest BCUT2D eigenvalue weighted by Crippen LogP contribution is 2.27. The summed E-state index contributed by atoms with van der Waals surface area (Å²) in [5.41, 5.74) is 3.57. The molecule has 0 radical (unpaired) electrons. The predicted molar refractivity (Wildman–Crippen MR) is 114 cm³/mol. The highest BCUT2D eigenvalue weighted by molar-refractivity contribution is 6.38. The summed E-state index contributed by atoms with van der Waals surface area (Å²) < 4.78 is 5.46. The predicted octanol–water partition coefficient (Wildman–Crippen LogP) is 3.52. The number of aryl methyl sites for hydroxylation is 2. The van der Waals surface area contributed by atoms with Crippen molar-refractivity contribution in [2.24, 2.45) is 5.10 Å². The van der Waals surface area contributed by atoms with Crippen LogP contribution in [-0.2, 0) is 14.4 Å². The molecule has 1 saturated heterocycles. The number of hydrogen-bond donors (Lipinski definition) is 0. The van der Waals surface area contributed by atoms with Crippen molar-refractivity contribution >= 4 is 34.9 Å². The van der Waals surface area contributed by atoms with Gasteiger partial charge in [-0.15, -0.1) is 0 Å². The van der Waals surface area contributed by atoms with Gasteiger partial charge in [-0.1, -0.05) is 12.1 Å². The zero-order valence-electron chi connectivity index (χ0n) is 17.1. The Hall–Kier alpha value is -3.48. The minimum Gasteiger partial charge on any atom is -0.422 e. The molecule has 0 bridgehead atoms. The van der Waals surface area contributed by atoms with E-state index < -0.39 is 5.97 Å². The lowest BCUT2D eigenvalue weighted by atomic mass is 10.1. The molecule has 2 aromatic rings. The first-order chi connectivity index (χ1) is 14.4. The maximum atomic E-state index is 12.6. The first-order valence-corrected chi connectivity index (χ1v) is 10.0. The Labute approximate surface area is 174 Å². The van der Waals surface area contributed by atoms with Crippen molar-refractivity contribution in [2.75, 3.05) is 16.5 Å². The number of ether oxygens (including phenoxy) is 1. The summed E-state index contributed by atoms with van der Waals surface area (Å²) >= 11 is 0. The second kappa shape index (κ2) is 8.10. The van der Waals surface area contributed by atoms with Gasteiger partial charge < -0.3 is 9.64 Å². The summed E-state index contributed by atoms with van der Waals surface area (Å²) in [4.78, 5) is 38.6. The number of hydrazone groups is 1. The van der Waals surface area contributed by atoms with Gasteiger partial charge in [0.2, 0.25) is 11.8 Å². The molecule has 0 spiro atoms. The summed E-state index contributed by atoms with van der Waals surface area (Å²) in [5.74, 6) is -0.261. The van der Waals surface area contributed by atoms with Crippen LogP contribution in [-0.4, -0.2) is 30.0 Å². The number of rotatable bonds is 4. The molecular weight excluding hydrogens is 382 g/mol. The summed E-state index contributed by atoms with van der Waals surface area (Å²) in [5, 5.41) is 5.59. The van der Waals surface area contributed by atoms with Crippen molar-refractivity contribution in [2.45, 2.75) is 39.5 Å². The van der Waals surface area contributed by atoms with Crippen molar-refractivity contribution < 1.29 is 19.1 Å². The molecule has 0 aromatic heterocycles. The van der Waals surface area contributed by atoms with Crippen molar-refractivity contribution in [1.82, 2.24) is 0 Å². The Bertz CT molecular complexity index is 1040. The van der Waals surface area contributed by atoms with Crippen LogP contribution in [0.2, 0.25) is 0 Å². The fourth-order valence-electron chi connectivity index (χ4n) is 3.62. The summed E-state index contributed by atoms with van der Waals surface area (Å²) in [6.45, 7) is 4.55. The number of nitrogens with zero attached hydrogens (tertiary/aromatic N) is 3. The van der Waals surface area contributed by atoms with E-state index in [0.717, 1.165) is 23.2 Å². The standard InChI is InChI=1S/C23H23N3O4/c1-15-5-6-16(2)20(14-15)26-22(28)12-11-19(24-26)23(29)30-18-9-7-17(8-10-18)25-13-3-4-21(25)27/h5-10,14H,3-4,11-13H2,1-2H3. The van der Waals surface area contributed by atoms with Crippen LogP contribution in [0.1, 0.15) is 36.8 Å². The molecule has 0 aliphatic carbocycles. The van der Waals surface area contributed by atoms with Gasteiger partial charge in [-0.3, -0.25) is 9.59 Å². The molecule has 0 saturated carbocycles. The molecule has 0 N–H and O–H groups in total. The van der Waals surface area contributed by atoms with E-state index in [1.165, 1.54) is 5.01 Å². The number of carbonyl (C=O) groups is 3. The Kier molecular flexibility index (Phi) is 5.35.